The van der Waals surface area contributed by atoms with Crippen molar-refractivity contribution in [2.45, 2.75) is 37.1 Å². The van der Waals surface area contributed by atoms with Gasteiger partial charge in [-0.15, -0.1) is 0 Å². The first kappa shape index (κ1) is 25.8. The van der Waals surface area contributed by atoms with E-state index in [-0.39, 0.29) is 13.2 Å². The molecular formula is C21H27ClN2O8S. The molecule has 0 amide bonds. The van der Waals surface area contributed by atoms with E-state index in [4.69, 9.17) is 31.0 Å². The molecule has 0 bridgehead atoms. The van der Waals surface area contributed by atoms with Crippen LogP contribution in [0.15, 0.2) is 42.5 Å². The first-order valence-electron chi connectivity index (χ1n) is 10.1. The van der Waals surface area contributed by atoms with Crippen molar-refractivity contribution < 1.29 is 37.9 Å². The largest absolute Gasteiger partial charge is 0.492 e. The molecule has 2 aromatic rings. The van der Waals surface area contributed by atoms with Gasteiger partial charge in [0.05, 0.1) is 0 Å². The van der Waals surface area contributed by atoms with Gasteiger partial charge >= 0.3 is 0 Å². The quantitative estimate of drug-likeness (QED) is 0.304. The number of nitrogens with one attached hydrogen (secondary N) is 1. The van der Waals surface area contributed by atoms with Crippen LogP contribution >= 0.6 is 11.6 Å². The lowest BCUT2D eigenvalue weighted by Gasteiger charge is -2.40. The molecule has 5 unspecified atom stereocenters. The molecule has 12 heteroatoms. The molecule has 1 aliphatic rings. The first-order valence-corrected chi connectivity index (χ1v) is 12.0. The zero-order valence-electron chi connectivity index (χ0n) is 17.8. The number of benzene rings is 2. The molecule has 0 spiro atoms. The van der Waals surface area contributed by atoms with E-state index in [1.165, 1.54) is 7.11 Å². The Kier molecular flexibility index (Phi) is 8.67. The molecule has 1 saturated heterocycles. The molecule has 5 atom stereocenters. The van der Waals surface area contributed by atoms with Crippen LogP contribution < -0.4 is 14.6 Å². The fourth-order valence-electron chi connectivity index (χ4n) is 3.50. The van der Waals surface area contributed by atoms with E-state index < -0.39 is 40.9 Å². The van der Waals surface area contributed by atoms with Gasteiger partial charge in [0.15, 0.2) is 6.29 Å². The average Bonchev–Trinajstić information content (AvgIpc) is 2.77. The van der Waals surface area contributed by atoms with Crippen molar-refractivity contribution in [1.29, 1.82) is 0 Å². The highest BCUT2D eigenvalue weighted by Crippen LogP contribution is 2.34. The van der Waals surface area contributed by atoms with Crippen LogP contribution in [0.1, 0.15) is 22.8 Å². The van der Waals surface area contributed by atoms with Crippen molar-refractivity contribution in [3.63, 3.8) is 0 Å². The van der Waals surface area contributed by atoms with E-state index in [1.807, 2.05) is 12.1 Å². The Bertz CT molecular complexity index is 1040. The van der Waals surface area contributed by atoms with Gasteiger partial charge in [0, 0.05) is 18.7 Å². The lowest BCUT2D eigenvalue weighted by Crippen LogP contribution is -2.54. The third-order valence-electron chi connectivity index (χ3n) is 5.19. The Morgan fingerprint density at radius 2 is 1.79 bits per heavy atom. The zero-order valence-corrected chi connectivity index (χ0v) is 19.4. The summed E-state index contributed by atoms with van der Waals surface area (Å²) in [6.45, 7) is 0.171. The minimum absolute atomic E-state index is 0.0493. The second-order valence-corrected chi connectivity index (χ2v) is 9.38. The van der Waals surface area contributed by atoms with Gasteiger partial charge in [0.1, 0.15) is 36.8 Å². The van der Waals surface area contributed by atoms with Crippen LogP contribution in [0.3, 0.4) is 0 Å². The number of nitrogens with two attached hydrogens (primary N) is 1. The van der Waals surface area contributed by atoms with Crippen LogP contribution in [-0.2, 0) is 26.1 Å². The number of hydrogen-bond acceptors (Lipinski definition) is 8. The summed E-state index contributed by atoms with van der Waals surface area (Å²) in [5.74, 6) is 0.562. The summed E-state index contributed by atoms with van der Waals surface area (Å²) in [6, 6.07) is 12.3. The number of ether oxygens (including phenoxy) is 3. The third-order valence-corrected chi connectivity index (χ3v) is 6.17. The summed E-state index contributed by atoms with van der Waals surface area (Å²) >= 11 is 6.37. The molecule has 0 aromatic heterocycles. The molecule has 0 aliphatic carbocycles. The van der Waals surface area contributed by atoms with E-state index in [1.54, 1.807) is 30.3 Å². The van der Waals surface area contributed by atoms with Crippen LogP contribution in [0, 0.1) is 0 Å². The molecule has 0 radical (unpaired) electrons. The normalized spacial score (nSPS) is 25.7. The first-order chi connectivity index (χ1) is 15.6. The number of rotatable bonds is 9. The summed E-state index contributed by atoms with van der Waals surface area (Å²) in [4.78, 5) is 0. The van der Waals surface area contributed by atoms with E-state index in [0.717, 1.165) is 11.1 Å². The topological polar surface area (TPSA) is 161 Å². The number of aliphatic hydroxyl groups excluding tert-OH is 3. The molecule has 33 heavy (non-hydrogen) atoms. The Labute approximate surface area is 197 Å². The molecule has 6 N–H and O–H groups in total. The Hall–Kier alpha value is -1.80. The number of aliphatic hydroxyl groups is 3. The molecule has 1 heterocycles. The Morgan fingerprint density at radius 1 is 1.09 bits per heavy atom. The second kappa shape index (κ2) is 11.1. The monoisotopic (exact) mass is 502 g/mol. The molecule has 1 aliphatic heterocycles. The predicted octanol–water partition coefficient (Wildman–Crippen LogP) is 0.229. The molecule has 1 fully saturated rings. The SMILES string of the molecule is COC1OC(c2ccc(Cl)c(Cc3ccc(OCCNS(N)(=O)=O)cc3)c2)C(O)C(O)C1O. The van der Waals surface area contributed by atoms with Gasteiger partial charge in [-0.1, -0.05) is 35.9 Å². The summed E-state index contributed by atoms with van der Waals surface area (Å²) in [6.07, 6.45) is -5.67. The fourth-order valence-corrected chi connectivity index (χ4v) is 4.05. The smallest absolute Gasteiger partial charge is 0.274 e. The van der Waals surface area contributed by atoms with E-state index in [2.05, 4.69) is 4.72 Å². The summed E-state index contributed by atoms with van der Waals surface area (Å²) < 4.78 is 40.0. The minimum atomic E-state index is -3.75. The molecule has 3 rings (SSSR count). The number of halogens is 1. The van der Waals surface area contributed by atoms with Gasteiger partial charge in [0.2, 0.25) is 0 Å². The van der Waals surface area contributed by atoms with Crippen LogP contribution in [0.5, 0.6) is 5.75 Å². The maximum Gasteiger partial charge on any atom is 0.274 e. The fraction of sp³-hybridized carbons (Fsp3) is 0.429. The van der Waals surface area contributed by atoms with E-state index in [9.17, 15) is 23.7 Å². The highest BCUT2D eigenvalue weighted by atomic mass is 35.5. The summed E-state index contributed by atoms with van der Waals surface area (Å²) in [5, 5.41) is 35.9. The number of methoxy groups -OCH3 is 1. The molecule has 2 aromatic carbocycles. The van der Waals surface area contributed by atoms with Crippen molar-refractivity contribution in [2.75, 3.05) is 20.3 Å². The van der Waals surface area contributed by atoms with Crippen molar-refractivity contribution >= 4 is 21.8 Å². The second-order valence-electron chi connectivity index (χ2n) is 7.59. The van der Waals surface area contributed by atoms with Gasteiger partial charge in [-0.2, -0.15) is 13.1 Å². The van der Waals surface area contributed by atoms with Gasteiger partial charge in [0.25, 0.3) is 10.2 Å². The maximum absolute atomic E-state index is 10.8. The van der Waals surface area contributed by atoms with Crippen molar-refractivity contribution in [3.8, 4) is 5.75 Å². The standard InChI is InChI=1S/C21H27ClN2O8S/c1-30-21-19(27)17(25)18(26)20(32-21)13-4-7-16(22)14(11-13)10-12-2-5-15(6-3-12)31-9-8-24-33(23,28)29/h2-7,11,17-21,24-27H,8-10H2,1H3,(H2,23,28,29). The lowest BCUT2D eigenvalue weighted by molar-refractivity contribution is -0.292. The molecule has 0 saturated carbocycles. The number of hydrogen-bond donors (Lipinski definition) is 5. The zero-order chi connectivity index (χ0) is 24.2. The van der Waals surface area contributed by atoms with Crippen molar-refractivity contribution in [3.05, 3.63) is 64.2 Å². The van der Waals surface area contributed by atoms with Crippen LogP contribution in [0.25, 0.3) is 0 Å². The van der Waals surface area contributed by atoms with Crippen LogP contribution in [0.4, 0.5) is 0 Å². The third kappa shape index (κ3) is 6.85. The molecule has 10 nitrogen and oxygen atoms in total. The Balaban J connectivity index is 1.67. The van der Waals surface area contributed by atoms with E-state index >= 15 is 0 Å². The van der Waals surface area contributed by atoms with E-state index in [0.29, 0.717) is 22.8 Å². The maximum atomic E-state index is 10.8. The van der Waals surface area contributed by atoms with Crippen LogP contribution in [0.2, 0.25) is 5.02 Å². The molecule has 182 valence electrons. The van der Waals surface area contributed by atoms with Crippen molar-refractivity contribution in [2.24, 2.45) is 5.14 Å². The molecular weight excluding hydrogens is 476 g/mol. The Morgan fingerprint density at radius 3 is 2.42 bits per heavy atom. The lowest BCUT2D eigenvalue weighted by atomic mass is 9.92. The van der Waals surface area contributed by atoms with Crippen molar-refractivity contribution in [1.82, 2.24) is 4.72 Å². The summed E-state index contributed by atoms with van der Waals surface area (Å²) in [5.41, 5.74) is 2.28. The van der Waals surface area contributed by atoms with Gasteiger partial charge in [-0.3, -0.25) is 0 Å². The van der Waals surface area contributed by atoms with Crippen LogP contribution in [-0.4, -0.2) is 68.6 Å². The predicted molar refractivity (Wildman–Crippen MR) is 120 cm³/mol. The van der Waals surface area contributed by atoms with Gasteiger partial charge < -0.3 is 29.5 Å². The summed E-state index contributed by atoms with van der Waals surface area (Å²) in [7, 11) is -2.41. The average molecular weight is 503 g/mol. The highest BCUT2D eigenvalue weighted by Gasteiger charge is 2.44. The van der Waals surface area contributed by atoms with Gasteiger partial charge in [-0.25, -0.2) is 5.14 Å². The minimum Gasteiger partial charge on any atom is -0.492 e. The highest BCUT2D eigenvalue weighted by molar-refractivity contribution is 7.87. The van der Waals surface area contributed by atoms with Gasteiger partial charge in [-0.05, 0) is 41.3 Å².